The van der Waals surface area contributed by atoms with E-state index in [4.69, 9.17) is 0 Å². The van der Waals surface area contributed by atoms with Gasteiger partial charge in [-0.05, 0) is 74.7 Å². The molecule has 2 heterocycles. The Morgan fingerprint density at radius 1 is 0.731 bits per heavy atom. The van der Waals surface area contributed by atoms with Crippen LogP contribution in [0.25, 0.3) is 0 Å². The zero-order chi connectivity index (χ0) is 19.3. The van der Waals surface area contributed by atoms with Gasteiger partial charge < -0.3 is 4.90 Å². The average molecular weight is 365 g/mol. The van der Waals surface area contributed by atoms with Gasteiger partial charge in [0, 0.05) is 31.7 Å². The maximum absolute atomic E-state index is 2.83. The smallest absolute Gasteiger partial charge is 0.0101 e. The summed E-state index contributed by atoms with van der Waals surface area (Å²) in [7, 11) is 0. The van der Waals surface area contributed by atoms with Gasteiger partial charge in [0.1, 0.15) is 0 Å². The predicted molar refractivity (Wildman–Crippen MR) is 116 cm³/mol. The minimum Gasteiger partial charge on any atom is -0.300 e. The van der Waals surface area contributed by atoms with E-state index in [9.17, 15) is 0 Å². The van der Waals surface area contributed by atoms with Gasteiger partial charge in [-0.3, -0.25) is 4.90 Å². The molecular formula is C24H48N2. The highest BCUT2D eigenvalue weighted by molar-refractivity contribution is 4.88. The van der Waals surface area contributed by atoms with Crippen molar-refractivity contribution in [2.45, 2.75) is 99.1 Å². The molecule has 0 aromatic carbocycles. The Morgan fingerprint density at radius 2 is 1.38 bits per heavy atom. The van der Waals surface area contributed by atoms with E-state index in [-0.39, 0.29) is 0 Å². The average Bonchev–Trinajstić information content (AvgIpc) is 3.05. The lowest BCUT2D eigenvalue weighted by molar-refractivity contribution is 0.182. The first-order chi connectivity index (χ1) is 12.2. The van der Waals surface area contributed by atoms with Crippen molar-refractivity contribution in [1.29, 1.82) is 0 Å². The third-order valence-corrected chi connectivity index (χ3v) is 6.48. The molecule has 0 amide bonds. The summed E-state index contributed by atoms with van der Waals surface area (Å²) in [5, 5.41) is 0. The first kappa shape index (κ1) is 22.2. The minimum atomic E-state index is 0.794. The molecule has 2 nitrogen and oxygen atoms in total. The highest BCUT2D eigenvalue weighted by Crippen LogP contribution is 2.33. The summed E-state index contributed by atoms with van der Waals surface area (Å²) in [5.41, 5.74) is 0. The molecule has 2 saturated heterocycles. The zero-order valence-electron chi connectivity index (χ0n) is 19.0. The van der Waals surface area contributed by atoms with Gasteiger partial charge in [-0.1, -0.05) is 48.5 Å². The van der Waals surface area contributed by atoms with Crippen LogP contribution >= 0.6 is 0 Å². The van der Waals surface area contributed by atoms with E-state index >= 15 is 0 Å². The van der Waals surface area contributed by atoms with Crippen molar-refractivity contribution in [3.05, 3.63) is 0 Å². The summed E-state index contributed by atoms with van der Waals surface area (Å²) in [6, 6.07) is 1.71. The molecule has 0 bridgehead atoms. The zero-order valence-corrected chi connectivity index (χ0v) is 19.0. The van der Waals surface area contributed by atoms with Crippen LogP contribution in [-0.2, 0) is 0 Å². The summed E-state index contributed by atoms with van der Waals surface area (Å²) in [4.78, 5) is 5.66. The quantitative estimate of drug-likeness (QED) is 0.475. The molecule has 0 N–H and O–H groups in total. The molecule has 0 aliphatic carbocycles. The van der Waals surface area contributed by atoms with Crippen molar-refractivity contribution in [3.63, 3.8) is 0 Å². The van der Waals surface area contributed by atoms with Gasteiger partial charge in [0.15, 0.2) is 0 Å². The van der Waals surface area contributed by atoms with Crippen molar-refractivity contribution < 1.29 is 0 Å². The number of rotatable bonds is 10. The molecule has 0 radical (unpaired) electrons. The van der Waals surface area contributed by atoms with Crippen molar-refractivity contribution in [2.24, 2.45) is 29.6 Å². The van der Waals surface area contributed by atoms with Gasteiger partial charge in [0.05, 0.1) is 0 Å². The molecular weight excluding hydrogens is 316 g/mol. The van der Waals surface area contributed by atoms with Crippen molar-refractivity contribution in [1.82, 2.24) is 9.80 Å². The lowest BCUT2D eigenvalue weighted by atomic mass is 9.91. The van der Waals surface area contributed by atoms with Gasteiger partial charge >= 0.3 is 0 Å². The molecule has 2 aliphatic rings. The number of likely N-dealkylation sites (tertiary alicyclic amines) is 2. The highest BCUT2D eigenvalue weighted by atomic mass is 15.2. The first-order valence-electron chi connectivity index (χ1n) is 11.7. The van der Waals surface area contributed by atoms with Crippen LogP contribution in [0.5, 0.6) is 0 Å². The Morgan fingerprint density at radius 3 is 2.00 bits per heavy atom. The maximum atomic E-state index is 2.83. The fourth-order valence-electron chi connectivity index (χ4n) is 5.73. The van der Waals surface area contributed by atoms with Crippen molar-refractivity contribution in [3.8, 4) is 0 Å². The van der Waals surface area contributed by atoms with E-state index in [1.54, 1.807) is 0 Å². The van der Waals surface area contributed by atoms with E-state index in [1.165, 1.54) is 64.7 Å². The van der Waals surface area contributed by atoms with E-state index in [1.807, 2.05) is 0 Å². The molecule has 0 aromatic rings. The van der Waals surface area contributed by atoms with Crippen LogP contribution < -0.4 is 0 Å². The maximum Gasteiger partial charge on any atom is 0.0101 e. The molecule has 26 heavy (non-hydrogen) atoms. The summed E-state index contributed by atoms with van der Waals surface area (Å²) < 4.78 is 0. The highest BCUT2D eigenvalue weighted by Gasteiger charge is 2.34. The normalized spacial score (nSPS) is 29.5. The third-order valence-electron chi connectivity index (χ3n) is 6.48. The van der Waals surface area contributed by atoms with Crippen LogP contribution in [0.1, 0.15) is 87.0 Å². The molecule has 0 aromatic heterocycles. The fourth-order valence-corrected chi connectivity index (χ4v) is 5.73. The number of nitrogens with zero attached hydrogens (tertiary/aromatic N) is 2. The second-order valence-corrected chi connectivity index (χ2v) is 11.0. The summed E-state index contributed by atoms with van der Waals surface area (Å²) in [6.07, 6.45) is 8.53. The Kier molecular flexibility index (Phi) is 8.94. The Hall–Kier alpha value is -0.0800. The number of hydrogen-bond acceptors (Lipinski definition) is 2. The van der Waals surface area contributed by atoms with E-state index in [0.717, 1.165) is 41.7 Å². The molecule has 2 aliphatic heterocycles. The largest absolute Gasteiger partial charge is 0.300 e. The fraction of sp³-hybridized carbons (Fsp3) is 1.00. The second kappa shape index (κ2) is 10.5. The van der Waals surface area contributed by atoms with Gasteiger partial charge in [0.25, 0.3) is 0 Å². The monoisotopic (exact) mass is 364 g/mol. The molecule has 2 heteroatoms. The molecule has 4 unspecified atom stereocenters. The molecule has 2 rings (SSSR count). The van der Waals surface area contributed by atoms with E-state index in [2.05, 4.69) is 58.3 Å². The van der Waals surface area contributed by atoms with Crippen LogP contribution in [0.3, 0.4) is 0 Å². The predicted octanol–water partition coefficient (Wildman–Crippen LogP) is 5.92. The van der Waals surface area contributed by atoms with Crippen LogP contribution in [0.15, 0.2) is 0 Å². The third kappa shape index (κ3) is 7.15. The minimum absolute atomic E-state index is 0.794. The van der Waals surface area contributed by atoms with Crippen molar-refractivity contribution >= 4 is 0 Å². The standard InChI is InChI=1S/C24H48N2/c1-18(2)11-23-9-8-10-25(23)16-21(7)13-22-14-24(12-19(3)4)26(17-22)15-20(5)6/h18-24H,8-17H2,1-7H3. The Balaban J connectivity index is 1.83. The molecule has 4 atom stereocenters. The molecule has 154 valence electrons. The van der Waals surface area contributed by atoms with Crippen LogP contribution in [0.4, 0.5) is 0 Å². The first-order valence-corrected chi connectivity index (χ1v) is 11.7. The summed E-state index contributed by atoms with van der Waals surface area (Å²) in [6.45, 7) is 22.2. The van der Waals surface area contributed by atoms with Gasteiger partial charge in [-0.2, -0.15) is 0 Å². The van der Waals surface area contributed by atoms with E-state index in [0.29, 0.717) is 0 Å². The lowest BCUT2D eigenvalue weighted by Crippen LogP contribution is -2.35. The van der Waals surface area contributed by atoms with Gasteiger partial charge in [-0.15, -0.1) is 0 Å². The SMILES string of the molecule is CC(C)CC1CCCN1CC(C)CC1CC(CC(C)C)N(CC(C)C)C1. The van der Waals surface area contributed by atoms with Crippen molar-refractivity contribution in [2.75, 3.05) is 26.2 Å². The van der Waals surface area contributed by atoms with Gasteiger partial charge in [0.2, 0.25) is 0 Å². The van der Waals surface area contributed by atoms with Crippen LogP contribution in [-0.4, -0.2) is 48.1 Å². The van der Waals surface area contributed by atoms with Gasteiger partial charge in [-0.25, -0.2) is 0 Å². The molecule has 0 saturated carbocycles. The molecule has 2 fully saturated rings. The van der Waals surface area contributed by atoms with E-state index < -0.39 is 0 Å². The molecule has 0 spiro atoms. The second-order valence-electron chi connectivity index (χ2n) is 11.0. The topological polar surface area (TPSA) is 6.48 Å². The summed E-state index contributed by atoms with van der Waals surface area (Å²) >= 11 is 0. The lowest BCUT2D eigenvalue weighted by Gasteiger charge is -2.29. The van der Waals surface area contributed by atoms with Crippen LogP contribution in [0.2, 0.25) is 0 Å². The Bertz CT molecular complexity index is 372. The number of hydrogen-bond donors (Lipinski definition) is 0. The Labute approximate surface area is 165 Å². The summed E-state index contributed by atoms with van der Waals surface area (Å²) in [5.74, 6) is 4.24. The van der Waals surface area contributed by atoms with Crippen LogP contribution in [0, 0.1) is 29.6 Å².